The van der Waals surface area contributed by atoms with Crippen molar-refractivity contribution in [1.29, 1.82) is 0 Å². The van der Waals surface area contributed by atoms with E-state index in [0.717, 1.165) is 6.42 Å². The first-order valence-corrected chi connectivity index (χ1v) is 5.22. The number of nitrogens with one attached hydrogen (secondary N) is 1. The topological polar surface area (TPSA) is 38.3 Å². The number of carbonyl (C=O) groups excluding carboxylic acids is 1. The Morgan fingerprint density at radius 1 is 1.56 bits per heavy atom. The van der Waals surface area contributed by atoms with Crippen LogP contribution in [0.15, 0.2) is 18.2 Å². The number of ether oxygens (including phenoxy) is 1. The highest BCUT2D eigenvalue weighted by Gasteiger charge is 2.13. The normalized spacial score (nSPS) is 12.0. The quantitative estimate of drug-likeness (QED) is 0.854. The van der Waals surface area contributed by atoms with Gasteiger partial charge in [-0.15, -0.1) is 0 Å². The number of hydrogen-bond acceptors (Lipinski definition) is 2. The van der Waals surface area contributed by atoms with Gasteiger partial charge in [0.15, 0.2) is 0 Å². The lowest BCUT2D eigenvalue weighted by molar-refractivity contribution is 0.0935. The van der Waals surface area contributed by atoms with E-state index >= 15 is 0 Å². The van der Waals surface area contributed by atoms with Gasteiger partial charge in [0.25, 0.3) is 5.91 Å². The zero-order valence-electron chi connectivity index (χ0n) is 9.71. The van der Waals surface area contributed by atoms with Crippen LogP contribution < -0.4 is 10.1 Å². The molecule has 0 saturated carbocycles. The highest BCUT2D eigenvalue weighted by Crippen LogP contribution is 2.16. The number of methoxy groups -OCH3 is 1. The van der Waals surface area contributed by atoms with E-state index in [1.807, 2.05) is 13.8 Å². The Labute approximate surface area is 94.6 Å². The number of amides is 1. The summed E-state index contributed by atoms with van der Waals surface area (Å²) in [7, 11) is 1.45. The summed E-state index contributed by atoms with van der Waals surface area (Å²) in [6, 6.07) is 4.22. The molecule has 16 heavy (non-hydrogen) atoms. The van der Waals surface area contributed by atoms with E-state index in [-0.39, 0.29) is 11.6 Å². The molecular formula is C12H16FNO2. The van der Waals surface area contributed by atoms with Crippen molar-refractivity contribution >= 4 is 5.91 Å². The van der Waals surface area contributed by atoms with Crippen LogP contribution in [0.5, 0.6) is 5.75 Å². The lowest BCUT2D eigenvalue weighted by Crippen LogP contribution is -2.32. The van der Waals surface area contributed by atoms with Crippen LogP contribution in [-0.4, -0.2) is 19.1 Å². The van der Waals surface area contributed by atoms with Crippen molar-refractivity contribution in [3.05, 3.63) is 29.6 Å². The summed E-state index contributed by atoms with van der Waals surface area (Å²) in [5.41, 5.74) is 0.0427. The summed E-state index contributed by atoms with van der Waals surface area (Å²) < 4.78 is 18.4. The number of hydrogen-bond donors (Lipinski definition) is 1. The molecule has 0 fully saturated rings. The standard InChI is InChI=1S/C12H16FNO2/c1-4-8(2)14-12(15)10-6-5-9(16-3)7-11(10)13/h5-8H,4H2,1-3H3,(H,14,15). The molecule has 0 radical (unpaired) electrons. The zero-order chi connectivity index (χ0) is 12.1. The fraction of sp³-hybridized carbons (Fsp3) is 0.417. The molecule has 4 heteroatoms. The Balaban J connectivity index is 2.84. The first-order valence-electron chi connectivity index (χ1n) is 5.22. The lowest BCUT2D eigenvalue weighted by atomic mass is 10.1. The fourth-order valence-electron chi connectivity index (χ4n) is 1.21. The maximum atomic E-state index is 13.5. The monoisotopic (exact) mass is 225 g/mol. The molecule has 1 aromatic carbocycles. The molecule has 88 valence electrons. The molecule has 0 saturated heterocycles. The molecule has 1 rings (SSSR count). The second-order valence-corrected chi connectivity index (χ2v) is 3.63. The molecule has 0 spiro atoms. The Kier molecular flexibility index (Phi) is 4.28. The van der Waals surface area contributed by atoms with E-state index in [1.54, 1.807) is 6.07 Å². The van der Waals surface area contributed by atoms with Gasteiger partial charge in [0.1, 0.15) is 11.6 Å². The molecule has 1 N–H and O–H groups in total. The highest BCUT2D eigenvalue weighted by atomic mass is 19.1. The molecule has 0 aliphatic carbocycles. The van der Waals surface area contributed by atoms with Crippen molar-refractivity contribution in [1.82, 2.24) is 5.32 Å². The van der Waals surface area contributed by atoms with Crippen molar-refractivity contribution < 1.29 is 13.9 Å². The summed E-state index contributed by atoms with van der Waals surface area (Å²) in [4.78, 5) is 11.6. The highest BCUT2D eigenvalue weighted by molar-refractivity contribution is 5.94. The van der Waals surface area contributed by atoms with Crippen LogP contribution in [0.4, 0.5) is 4.39 Å². The summed E-state index contributed by atoms with van der Waals surface area (Å²) in [5.74, 6) is -0.563. The molecule has 1 unspecified atom stereocenters. The second-order valence-electron chi connectivity index (χ2n) is 3.63. The summed E-state index contributed by atoms with van der Waals surface area (Å²) in [6.45, 7) is 3.83. The van der Waals surface area contributed by atoms with E-state index in [0.29, 0.717) is 5.75 Å². The molecule has 3 nitrogen and oxygen atoms in total. The predicted molar refractivity (Wildman–Crippen MR) is 60.2 cm³/mol. The molecule has 1 amide bonds. The third-order valence-corrected chi connectivity index (χ3v) is 2.41. The Morgan fingerprint density at radius 2 is 2.25 bits per heavy atom. The van der Waals surface area contributed by atoms with Gasteiger partial charge in [0.2, 0.25) is 0 Å². The summed E-state index contributed by atoms with van der Waals surface area (Å²) >= 11 is 0. The molecule has 0 heterocycles. The van der Waals surface area contributed by atoms with Crippen LogP contribution in [0.2, 0.25) is 0 Å². The van der Waals surface area contributed by atoms with Crippen molar-refractivity contribution in [2.24, 2.45) is 0 Å². The molecule has 0 bridgehead atoms. The van der Waals surface area contributed by atoms with Gasteiger partial charge in [-0.1, -0.05) is 6.92 Å². The molecule has 0 aliphatic rings. The van der Waals surface area contributed by atoms with Gasteiger partial charge in [-0.3, -0.25) is 4.79 Å². The van der Waals surface area contributed by atoms with Crippen LogP contribution in [-0.2, 0) is 0 Å². The molecule has 1 aromatic rings. The third-order valence-electron chi connectivity index (χ3n) is 2.41. The van der Waals surface area contributed by atoms with Gasteiger partial charge in [-0.05, 0) is 25.5 Å². The largest absolute Gasteiger partial charge is 0.497 e. The third kappa shape index (κ3) is 2.95. The van der Waals surface area contributed by atoms with E-state index in [4.69, 9.17) is 4.74 Å². The van der Waals surface area contributed by atoms with Gasteiger partial charge in [-0.25, -0.2) is 4.39 Å². The molecule has 0 aromatic heterocycles. The summed E-state index contributed by atoms with van der Waals surface area (Å²) in [6.07, 6.45) is 0.809. The Bertz CT molecular complexity index is 379. The van der Waals surface area contributed by atoms with Gasteiger partial charge in [0.05, 0.1) is 12.7 Å². The van der Waals surface area contributed by atoms with Gasteiger partial charge < -0.3 is 10.1 Å². The number of rotatable bonds is 4. The van der Waals surface area contributed by atoms with Crippen LogP contribution in [0.1, 0.15) is 30.6 Å². The van der Waals surface area contributed by atoms with E-state index in [9.17, 15) is 9.18 Å². The fourth-order valence-corrected chi connectivity index (χ4v) is 1.21. The maximum Gasteiger partial charge on any atom is 0.254 e. The zero-order valence-corrected chi connectivity index (χ0v) is 9.71. The van der Waals surface area contributed by atoms with Crippen molar-refractivity contribution in [2.75, 3.05) is 7.11 Å². The minimum absolute atomic E-state index is 0.0361. The number of halogens is 1. The van der Waals surface area contributed by atoms with Gasteiger partial charge >= 0.3 is 0 Å². The molecule has 0 aliphatic heterocycles. The number of carbonyl (C=O) groups is 1. The smallest absolute Gasteiger partial charge is 0.254 e. The maximum absolute atomic E-state index is 13.5. The average molecular weight is 225 g/mol. The predicted octanol–water partition coefficient (Wildman–Crippen LogP) is 2.36. The molecular weight excluding hydrogens is 209 g/mol. The minimum atomic E-state index is -0.569. The van der Waals surface area contributed by atoms with Crippen LogP contribution in [0.25, 0.3) is 0 Å². The van der Waals surface area contributed by atoms with Gasteiger partial charge in [-0.2, -0.15) is 0 Å². The Hall–Kier alpha value is -1.58. The minimum Gasteiger partial charge on any atom is -0.497 e. The van der Waals surface area contributed by atoms with E-state index < -0.39 is 11.7 Å². The SMILES string of the molecule is CCC(C)NC(=O)c1ccc(OC)cc1F. The number of benzene rings is 1. The van der Waals surface area contributed by atoms with Crippen molar-refractivity contribution in [3.63, 3.8) is 0 Å². The lowest BCUT2D eigenvalue weighted by Gasteiger charge is -2.12. The van der Waals surface area contributed by atoms with Crippen molar-refractivity contribution in [3.8, 4) is 5.75 Å². The van der Waals surface area contributed by atoms with Crippen LogP contribution >= 0.6 is 0 Å². The summed E-state index contributed by atoms with van der Waals surface area (Å²) in [5, 5.41) is 2.70. The van der Waals surface area contributed by atoms with Crippen molar-refractivity contribution in [2.45, 2.75) is 26.3 Å². The van der Waals surface area contributed by atoms with Crippen LogP contribution in [0.3, 0.4) is 0 Å². The van der Waals surface area contributed by atoms with Crippen LogP contribution in [0, 0.1) is 5.82 Å². The molecule has 1 atom stereocenters. The van der Waals surface area contributed by atoms with E-state index in [1.165, 1.54) is 19.2 Å². The second kappa shape index (κ2) is 5.49. The van der Waals surface area contributed by atoms with Gasteiger partial charge in [0, 0.05) is 12.1 Å². The average Bonchev–Trinajstić information content (AvgIpc) is 2.28. The first-order chi connectivity index (χ1) is 7.58. The first kappa shape index (κ1) is 12.5. The Morgan fingerprint density at radius 3 is 2.75 bits per heavy atom. The van der Waals surface area contributed by atoms with E-state index in [2.05, 4.69) is 5.32 Å².